The molecule has 130 valence electrons. The van der Waals surface area contributed by atoms with Crippen LogP contribution in [0.1, 0.15) is 31.2 Å². The predicted molar refractivity (Wildman–Crippen MR) is 96.3 cm³/mol. The highest BCUT2D eigenvalue weighted by Crippen LogP contribution is 2.24. The Hall–Kier alpha value is -1.85. The summed E-state index contributed by atoms with van der Waals surface area (Å²) in [6.45, 7) is 0.948. The number of carbonyl (C=O) groups is 1. The fourth-order valence-electron chi connectivity index (χ4n) is 3.35. The van der Waals surface area contributed by atoms with Crippen molar-refractivity contribution < 1.29 is 9.53 Å². The second kappa shape index (κ2) is 7.36. The molecule has 5 nitrogen and oxygen atoms in total. The van der Waals surface area contributed by atoms with E-state index in [1.165, 1.54) is 5.56 Å². The minimum Gasteiger partial charge on any atom is -0.446 e. The molecule has 0 bridgehead atoms. The van der Waals surface area contributed by atoms with Crippen LogP contribution in [0.5, 0.6) is 0 Å². The van der Waals surface area contributed by atoms with Crippen LogP contribution in [0.2, 0.25) is 0 Å². The zero-order valence-corrected chi connectivity index (χ0v) is 14.6. The van der Waals surface area contributed by atoms with Crippen molar-refractivity contribution in [2.24, 2.45) is 5.73 Å². The van der Waals surface area contributed by atoms with E-state index in [0.29, 0.717) is 0 Å². The van der Waals surface area contributed by atoms with E-state index in [0.717, 1.165) is 49.6 Å². The topological polar surface area (TPSA) is 60.5 Å². The van der Waals surface area contributed by atoms with Gasteiger partial charge in [-0.3, -0.25) is 4.57 Å². The van der Waals surface area contributed by atoms with E-state index in [1.807, 2.05) is 24.4 Å². The number of aromatic nitrogens is 1. The number of hydrogen-bond donors (Lipinski definition) is 1. The van der Waals surface area contributed by atoms with Crippen LogP contribution in [0.15, 0.2) is 30.5 Å². The molecule has 2 aromatic rings. The molecule has 1 saturated carbocycles. The third kappa shape index (κ3) is 3.79. The van der Waals surface area contributed by atoms with Gasteiger partial charge in [0.15, 0.2) is 0 Å². The van der Waals surface area contributed by atoms with Crippen LogP contribution in [-0.2, 0) is 11.2 Å². The molecule has 1 fully saturated rings. The molecule has 0 saturated heterocycles. The van der Waals surface area contributed by atoms with Crippen LogP contribution in [-0.4, -0.2) is 48.3 Å². The molecule has 24 heavy (non-hydrogen) atoms. The molecule has 1 aromatic heterocycles. The summed E-state index contributed by atoms with van der Waals surface area (Å²) in [7, 11) is 4.11. The monoisotopic (exact) mass is 329 g/mol. The molecule has 0 radical (unpaired) electrons. The summed E-state index contributed by atoms with van der Waals surface area (Å²) in [6, 6.07) is 8.28. The van der Waals surface area contributed by atoms with E-state index in [9.17, 15) is 4.79 Å². The number of fused-ring (bicyclic) bond motifs is 1. The van der Waals surface area contributed by atoms with E-state index in [1.54, 1.807) is 4.57 Å². The van der Waals surface area contributed by atoms with Crippen LogP contribution >= 0.6 is 0 Å². The van der Waals surface area contributed by atoms with Gasteiger partial charge < -0.3 is 15.4 Å². The fourth-order valence-corrected chi connectivity index (χ4v) is 3.35. The number of nitrogens with zero attached hydrogens (tertiary/aromatic N) is 2. The highest BCUT2D eigenvalue weighted by molar-refractivity contribution is 5.92. The summed E-state index contributed by atoms with van der Waals surface area (Å²) in [6.07, 6.45) is 6.14. The summed E-state index contributed by atoms with van der Waals surface area (Å²) < 4.78 is 7.39. The summed E-state index contributed by atoms with van der Waals surface area (Å²) in [4.78, 5) is 14.8. The lowest BCUT2D eigenvalue weighted by Crippen LogP contribution is -2.32. The molecule has 0 unspecified atom stereocenters. The predicted octanol–water partition coefficient (Wildman–Crippen LogP) is 3.00. The van der Waals surface area contributed by atoms with E-state index in [-0.39, 0.29) is 18.2 Å². The lowest BCUT2D eigenvalue weighted by Gasteiger charge is -2.25. The Bertz CT molecular complexity index is 700. The quantitative estimate of drug-likeness (QED) is 0.937. The van der Waals surface area contributed by atoms with Crippen molar-refractivity contribution in [3.8, 4) is 0 Å². The Kier molecular flexibility index (Phi) is 5.21. The van der Waals surface area contributed by atoms with Gasteiger partial charge in [0.2, 0.25) is 0 Å². The Morgan fingerprint density at radius 3 is 2.67 bits per heavy atom. The summed E-state index contributed by atoms with van der Waals surface area (Å²) in [5.41, 5.74) is 8.03. The van der Waals surface area contributed by atoms with Crippen LogP contribution < -0.4 is 5.73 Å². The number of rotatable bonds is 4. The molecule has 3 rings (SSSR count). The average Bonchev–Trinajstić information content (AvgIpc) is 2.94. The Balaban J connectivity index is 1.79. The van der Waals surface area contributed by atoms with Crippen molar-refractivity contribution in [3.05, 3.63) is 36.0 Å². The normalized spacial score (nSPS) is 21.3. The van der Waals surface area contributed by atoms with E-state index < -0.39 is 0 Å². The van der Waals surface area contributed by atoms with Gasteiger partial charge in [0, 0.05) is 24.2 Å². The number of likely N-dealkylation sites (N-methyl/N-ethyl adjacent to an activating group) is 1. The van der Waals surface area contributed by atoms with Crippen molar-refractivity contribution in [1.29, 1.82) is 0 Å². The van der Waals surface area contributed by atoms with Gasteiger partial charge in [-0.25, -0.2) is 4.79 Å². The van der Waals surface area contributed by atoms with Crippen molar-refractivity contribution in [3.63, 3.8) is 0 Å². The third-order valence-electron chi connectivity index (χ3n) is 4.81. The van der Waals surface area contributed by atoms with E-state index in [4.69, 9.17) is 10.5 Å². The molecular formula is C19H27N3O2. The van der Waals surface area contributed by atoms with Gasteiger partial charge in [-0.05, 0) is 57.8 Å². The van der Waals surface area contributed by atoms with E-state index in [2.05, 4.69) is 25.1 Å². The van der Waals surface area contributed by atoms with Gasteiger partial charge in [0.05, 0.1) is 5.52 Å². The molecule has 2 N–H and O–H groups in total. The van der Waals surface area contributed by atoms with Gasteiger partial charge in [0.1, 0.15) is 6.10 Å². The zero-order valence-electron chi connectivity index (χ0n) is 14.6. The molecule has 5 heteroatoms. The van der Waals surface area contributed by atoms with Crippen molar-refractivity contribution in [1.82, 2.24) is 9.47 Å². The summed E-state index contributed by atoms with van der Waals surface area (Å²) in [5, 5.41) is 1.13. The summed E-state index contributed by atoms with van der Waals surface area (Å²) in [5.74, 6) is 0. The number of ether oxygens (including phenoxy) is 1. The fraction of sp³-hybridized carbons (Fsp3) is 0.526. The van der Waals surface area contributed by atoms with Crippen molar-refractivity contribution in [2.45, 2.75) is 44.2 Å². The molecule has 0 spiro atoms. The van der Waals surface area contributed by atoms with Gasteiger partial charge >= 0.3 is 6.09 Å². The van der Waals surface area contributed by atoms with Gasteiger partial charge in [-0.2, -0.15) is 0 Å². The van der Waals surface area contributed by atoms with Gasteiger partial charge in [-0.1, -0.05) is 18.2 Å². The Labute approximate surface area is 143 Å². The van der Waals surface area contributed by atoms with Crippen LogP contribution in [0.4, 0.5) is 4.79 Å². The first kappa shape index (κ1) is 17.0. The average molecular weight is 329 g/mol. The standard InChI is InChI=1S/C19H27N3O2/c1-21(2)12-11-14-13-22(18-6-4-3-5-17(14)18)19(23)24-16-9-7-15(20)8-10-16/h3-6,13,15-16H,7-12,20H2,1-2H3. The molecule has 0 aliphatic heterocycles. The van der Waals surface area contributed by atoms with Crippen LogP contribution in [0, 0.1) is 0 Å². The zero-order chi connectivity index (χ0) is 17.1. The Morgan fingerprint density at radius 1 is 1.25 bits per heavy atom. The molecule has 1 aliphatic carbocycles. The van der Waals surface area contributed by atoms with Crippen molar-refractivity contribution >= 4 is 17.0 Å². The molecule has 1 aliphatic rings. The Morgan fingerprint density at radius 2 is 1.96 bits per heavy atom. The molecule has 0 amide bonds. The number of carbonyl (C=O) groups excluding carboxylic acids is 1. The van der Waals surface area contributed by atoms with E-state index >= 15 is 0 Å². The SMILES string of the molecule is CN(C)CCc1cn(C(=O)OC2CCC(N)CC2)c2ccccc12. The first-order valence-electron chi connectivity index (χ1n) is 8.75. The maximum absolute atomic E-state index is 12.7. The number of hydrogen-bond acceptors (Lipinski definition) is 4. The highest BCUT2D eigenvalue weighted by Gasteiger charge is 2.23. The maximum Gasteiger partial charge on any atom is 0.418 e. The second-order valence-corrected chi connectivity index (χ2v) is 7.02. The second-order valence-electron chi connectivity index (χ2n) is 7.02. The largest absolute Gasteiger partial charge is 0.446 e. The third-order valence-corrected chi connectivity index (χ3v) is 4.81. The maximum atomic E-state index is 12.7. The molecule has 1 aromatic carbocycles. The minimum atomic E-state index is -0.275. The lowest BCUT2D eigenvalue weighted by atomic mass is 9.94. The van der Waals surface area contributed by atoms with Crippen LogP contribution in [0.3, 0.4) is 0 Å². The van der Waals surface area contributed by atoms with Gasteiger partial charge in [0.25, 0.3) is 0 Å². The number of benzene rings is 1. The van der Waals surface area contributed by atoms with Crippen LogP contribution in [0.25, 0.3) is 10.9 Å². The molecular weight excluding hydrogens is 302 g/mol. The lowest BCUT2D eigenvalue weighted by molar-refractivity contribution is 0.0736. The number of nitrogens with two attached hydrogens (primary N) is 1. The minimum absolute atomic E-state index is 0.0105. The molecule has 0 atom stereocenters. The molecule has 1 heterocycles. The first-order chi connectivity index (χ1) is 11.5. The first-order valence-corrected chi connectivity index (χ1v) is 8.75. The highest BCUT2D eigenvalue weighted by atomic mass is 16.6. The summed E-state index contributed by atoms with van der Waals surface area (Å²) >= 11 is 0. The van der Waals surface area contributed by atoms with Gasteiger partial charge in [-0.15, -0.1) is 0 Å². The smallest absolute Gasteiger partial charge is 0.418 e. The number of para-hydroxylation sites is 1. The van der Waals surface area contributed by atoms with Crippen molar-refractivity contribution in [2.75, 3.05) is 20.6 Å².